The zero-order valence-corrected chi connectivity index (χ0v) is 10.1. The van der Waals surface area contributed by atoms with Gasteiger partial charge >= 0.3 is 0 Å². The van der Waals surface area contributed by atoms with Gasteiger partial charge in [0.15, 0.2) is 6.10 Å². The van der Waals surface area contributed by atoms with Crippen LogP contribution in [0.15, 0.2) is 24.3 Å². The van der Waals surface area contributed by atoms with E-state index in [1.165, 1.54) is 0 Å². The minimum Gasteiger partial charge on any atom is -0.484 e. The zero-order chi connectivity index (χ0) is 14.4. The van der Waals surface area contributed by atoms with Crippen LogP contribution in [0.3, 0.4) is 0 Å². The summed E-state index contributed by atoms with van der Waals surface area (Å²) in [5.41, 5.74) is -3.26. The van der Waals surface area contributed by atoms with E-state index in [2.05, 4.69) is 0 Å². The van der Waals surface area contributed by atoms with Gasteiger partial charge in [0.05, 0.1) is 5.92 Å². The Labute approximate surface area is 114 Å². The van der Waals surface area contributed by atoms with Gasteiger partial charge in [0, 0.05) is 5.56 Å². The molecule has 1 aromatic rings. The van der Waals surface area contributed by atoms with Crippen LogP contribution in [-0.4, -0.2) is 17.3 Å². The first-order valence-corrected chi connectivity index (χ1v) is 5.77. The lowest BCUT2D eigenvalue weighted by atomic mass is 9.80. The van der Waals surface area contributed by atoms with Gasteiger partial charge in [0.25, 0.3) is 11.2 Å². The maximum absolute atomic E-state index is 9.34. The minimum atomic E-state index is -1.96. The predicted molar refractivity (Wildman–Crippen MR) is 62.6 cm³/mol. The van der Waals surface area contributed by atoms with Crippen molar-refractivity contribution in [1.82, 2.24) is 0 Å². The molecule has 0 spiro atoms. The molecule has 6 nitrogen and oxygen atoms in total. The molecule has 1 fully saturated rings. The second-order valence-electron chi connectivity index (χ2n) is 4.57. The van der Waals surface area contributed by atoms with Crippen molar-refractivity contribution in [2.75, 3.05) is 0 Å². The van der Waals surface area contributed by atoms with E-state index in [4.69, 9.17) is 9.47 Å². The highest BCUT2D eigenvalue weighted by Gasteiger charge is 2.70. The molecule has 1 saturated heterocycles. The normalized spacial score (nSPS) is 26.8. The summed E-state index contributed by atoms with van der Waals surface area (Å²) < 4.78 is 10.9. The summed E-state index contributed by atoms with van der Waals surface area (Å²) in [4.78, 5) is 0. The fourth-order valence-corrected chi connectivity index (χ4v) is 2.75. The fourth-order valence-electron chi connectivity index (χ4n) is 2.75. The average molecular weight is 262 g/mol. The lowest BCUT2D eigenvalue weighted by Crippen LogP contribution is -2.40. The van der Waals surface area contributed by atoms with Crippen molar-refractivity contribution in [3.63, 3.8) is 0 Å². The molecule has 0 bridgehead atoms. The summed E-state index contributed by atoms with van der Waals surface area (Å²) >= 11 is 0. The van der Waals surface area contributed by atoms with Gasteiger partial charge in [0.2, 0.25) is 0 Å². The molecular weight excluding hydrogens is 256 g/mol. The Kier molecular flexibility index (Phi) is 2.23. The summed E-state index contributed by atoms with van der Waals surface area (Å²) in [5.74, 6) is -0.316. The highest BCUT2D eigenvalue weighted by molar-refractivity contribution is 5.53. The molecular formula is C14H6N4O2. The van der Waals surface area contributed by atoms with E-state index in [9.17, 15) is 21.0 Å². The minimum absolute atomic E-state index is 0.468. The number of para-hydroxylation sites is 1. The number of benzene rings is 1. The molecule has 2 aliphatic heterocycles. The second-order valence-corrected chi connectivity index (χ2v) is 4.57. The van der Waals surface area contributed by atoms with E-state index in [-0.39, 0.29) is 0 Å². The van der Waals surface area contributed by atoms with Gasteiger partial charge in [-0.3, -0.25) is 0 Å². The first-order valence-electron chi connectivity index (χ1n) is 5.77. The van der Waals surface area contributed by atoms with Gasteiger partial charge in [-0.05, 0) is 6.07 Å². The molecule has 6 heteroatoms. The molecule has 0 aliphatic carbocycles. The van der Waals surface area contributed by atoms with Crippen LogP contribution in [0.25, 0.3) is 0 Å². The van der Waals surface area contributed by atoms with Crippen LogP contribution < -0.4 is 4.74 Å². The lowest BCUT2D eigenvalue weighted by molar-refractivity contribution is -0.00791. The Balaban J connectivity index is 2.27. The zero-order valence-electron chi connectivity index (χ0n) is 10.1. The van der Waals surface area contributed by atoms with Gasteiger partial charge in [0.1, 0.15) is 30.0 Å². The molecule has 0 saturated carbocycles. The predicted octanol–water partition coefficient (Wildman–Crippen LogP) is 1.13. The number of hydrogen-bond donors (Lipinski definition) is 0. The quantitative estimate of drug-likeness (QED) is 0.692. The Morgan fingerprint density at radius 3 is 2.10 bits per heavy atom. The lowest BCUT2D eigenvalue weighted by Gasteiger charge is -2.19. The SMILES string of the molecule is N#CC1(C#N)OC(C#N)(C#N)[C@@H]2c3ccccc3O[C@H]21. The van der Waals surface area contributed by atoms with Gasteiger partial charge in [-0.15, -0.1) is 0 Å². The monoisotopic (exact) mass is 262 g/mol. The maximum Gasteiger partial charge on any atom is 0.281 e. The van der Waals surface area contributed by atoms with Crippen molar-refractivity contribution in [3.05, 3.63) is 29.8 Å². The Hall–Kier alpha value is -3.06. The van der Waals surface area contributed by atoms with E-state index in [0.717, 1.165) is 0 Å². The van der Waals surface area contributed by atoms with Crippen molar-refractivity contribution in [1.29, 1.82) is 21.0 Å². The van der Waals surface area contributed by atoms with Crippen LogP contribution >= 0.6 is 0 Å². The summed E-state index contributed by atoms with van der Waals surface area (Å²) in [5, 5.41) is 37.2. The summed E-state index contributed by atoms with van der Waals surface area (Å²) in [6, 6.07) is 13.9. The van der Waals surface area contributed by atoms with Crippen LogP contribution in [0.2, 0.25) is 0 Å². The molecule has 20 heavy (non-hydrogen) atoms. The van der Waals surface area contributed by atoms with Crippen LogP contribution in [0, 0.1) is 45.3 Å². The number of fused-ring (bicyclic) bond motifs is 3. The van der Waals surface area contributed by atoms with Gasteiger partial charge in [-0.25, -0.2) is 0 Å². The number of nitrogens with zero attached hydrogens (tertiary/aromatic N) is 4. The molecule has 0 N–H and O–H groups in total. The van der Waals surface area contributed by atoms with Crippen molar-refractivity contribution in [3.8, 4) is 30.0 Å². The highest BCUT2D eigenvalue weighted by Crippen LogP contribution is 2.55. The van der Waals surface area contributed by atoms with E-state index in [1.54, 1.807) is 48.5 Å². The van der Waals surface area contributed by atoms with Crippen LogP contribution in [0.1, 0.15) is 11.5 Å². The molecule has 2 aliphatic rings. The van der Waals surface area contributed by atoms with Crippen LogP contribution in [0.5, 0.6) is 5.75 Å². The molecule has 3 rings (SSSR count). The molecule has 0 amide bonds. The third kappa shape index (κ3) is 1.16. The van der Waals surface area contributed by atoms with Crippen molar-refractivity contribution < 1.29 is 9.47 Å². The molecule has 2 heterocycles. The van der Waals surface area contributed by atoms with E-state index >= 15 is 0 Å². The third-order valence-electron chi connectivity index (χ3n) is 3.64. The van der Waals surface area contributed by atoms with E-state index < -0.39 is 23.2 Å². The number of rotatable bonds is 0. The summed E-state index contributed by atoms with van der Waals surface area (Å²) in [6.07, 6.45) is -0.991. The Bertz CT molecular complexity index is 731. The first-order chi connectivity index (χ1) is 9.66. The van der Waals surface area contributed by atoms with Gasteiger partial charge in [-0.2, -0.15) is 21.0 Å². The molecule has 1 aromatic carbocycles. The van der Waals surface area contributed by atoms with E-state index in [0.29, 0.717) is 11.3 Å². The van der Waals surface area contributed by atoms with E-state index in [1.807, 2.05) is 0 Å². The fraction of sp³-hybridized carbons (Fsp3) is 0.286. The molecule has 0 radical (unpaired) electrons. The number of ether oxygens (including phenoxy) is 2. The van der Waals surface area contributed by atoms with Crippen molar-refractivity contribution in [2.45, 2.75) is 23.2 Å². The maximum atomic E-state index is 9.34. The molecule has 0 aromatic heterocycles. The Morgan fingerprint density at radius 2 is 1.50 bits per heavy atom. The summed E-state index contributed by atoms with van der Waals surface area (Å²) in [6.45, 7) is 0. The van der Waals surface area contributed by atoms with Gasteiger partial charge in [-0.1, -0.05) is 18.2 Å². The average Bonchev–Trinajstić information content (AvgIpc) is 3.02. The smallest absolute Gasteiger partial charge is 0.281 e. The standard InChI is InChI=1S/C14H6N4O2/c15-5-13(6-16)11-9-3-1-2-4-10(9)19-12(11)14(7-17,8-18)20-13/h1-4,11-12H/t11-,12-/m1/s1. The van der Waals surface area contributed by atoms with Gasteiger partial charge < -0.3 is 9.47 Å². The van der Waals surface area contributed by atoms with Crippen molar-refractivity contribution in [2.24, 2.45) is 0 Å². The Morgan fingerprint density at radius 1 is 0.900 bits per heavy atom. The van der Waals surface area contributed by atoms with Crippen molar-refractivity contribution >= 4 is 0 Å². The molecule has 94 valence electrons. The van der Waals surface area contributed by atoms with Crippen LogP contribution in [0.4, 0.5) is 0 Å². The van der Waals surface area contributed by atoms with Crippen LogP contribution in [-0.2, 0) is 4.74 Å². The highest BCUT2D eigenvalue weighted by atomic mass is 16.6. The topological polar surface area (TPSA) is 114 Å². The number of hydrogen-bond acceptors (Lipinski definition) is 6. The largest absolute Gasteiger partial charge is 0.484 e. The summed E-state index contributed by atoms with van der Waals surface area (Å²) in [7, 11) is 0. The molecule has 2 atom stereocenters. The second kappa shape index (κ2) is 3.72. The third-order valence-corrected chi connectivity index (χ3v) is 3.64. The molecule has 0 unspecified atom stereocenters. The first kappa shape index (κ1) is 12.0. The number of nitriles is 4.